The van der Waals surface area contributed by atoms with Gasteiger partial charge in [-0.05, 0) is 44.7 Å². The smallest absolute Gasteiger partial charge is 0.125 e. The van der Waals surface area contributed by atoms with E-state index in [1.807, 2.05) is 0 Å². The van der Waals surface area contributed by atoms with E-state index in [2.05, 4.69) is 31.2 Å². The van der Waals surface area contributed by atoms with Crippen LogP contribution in [0, 0.1) is 6.92 Å². The summed E-state index contributed by atoms with van der Waals surface area (Å²) in [5.74, 6) is 1.10. The van der Waals surface area contributed by atoms with Crippen LogP contribution in [0.15, 0.2) is 29.8 Å². The van der Waals surface area contributed by atoms with Crippen molar-refractivity contribution in [3.63, 3.8) is 0 Å². The molecule has 1 saturated carbocycles. The Morgan fingerprint density at radius 1 is 1.24 bits per heavy atom. The topological polar surface area (TPSA) is 35.2 Å². The fourth-order valence-electron chi connectivity index (χ4n) is 1.93. The summed E-state index contributed by atoms with van der Waals surface area (Å²) in [6.07, 6.45) is 4.59. The van der Waals surface area contributed by atoms with Gasteiger partial charge in [0.25, 0.3) is 0 Å². The van der Waals surface area contributed by atoms with Gasteiger partial charge in [0.2, 0.25) is 0 Å². The summed E-state index contributed by atoms with van der Waals surface area (Å²) in [6, 6.07) is 8.58. The highest BCUT2D eigenvalue weighted by Gasteiger charge is 2.17. The van der Waals surface area contributed by atoms with Crippen molar-refractivity contribution in [3.05, 3.63) is 41.0 Å². The van der Waals surface area contributed by atoms with Crippen molar-refractivity contribution in [3.8, 4) is 0 Å². The lowest BCUT2D eigenvalue weighted by molar-refractivity contribution is 0.267. The molecule has 1 aromatic carbocycles. The third-order valence-electron chi connectivity index (χ3n) is 3.19. The predicted molar refractivity (Wildman–Crippen MR) is 71.6 cm³/mol. The van der Waals surface area contributed by atoms with Crippen LogP contribution in [0.5, 0.6) is 0 Å². The molecule has 1 fully saturated rings. The molecule has 2 heteroatoms. The third-order valence-corrected chi connectivity index (χ3v) is 3.19. The Morgan fingerprint density at radius 2 is 1.94 bits per heavy atom. The van der Waals surface area contributed by atoms with Crippen LogP contribution in [-0.4, -0.2) is 13.2 Å². The van der Waals surface area contributed by atoms with Gasteiger partial charge in [0.1, 0.15) is 5.76 Å². The molecule has 0 spiro atoms. The molecular formula is C15H21NO. The van der Waals surface area contributed by atoms with Gasteiger partial charge in [-0.3, -0.25) is 0 Å². The highest BCUT2D eigenvalue weighted by Crippen LogP contribution is 2.34. The van der Waals surface area contributed by atoms with Crippen LogP contribution < -0.4 is 5.73 Å². The normalized spacial score (nSPS) is 14.4. The monoisotopic (exact) mass is 231 g/mol. The number of hydrogen-bond acceptors (Lipinski definition) is 2. The first-order chi connectivity index (χ1) is 8.31. The van der Waals surface area contributed by atoms with Gasteiger partial charge in [-0.2, -0.15) is 0 Å². The van der Waals surface area contributed by atoms with E-state index >= 15 is 0 Å². The van der Waals surface area contributed by atoms with E-state index in [1.54, 1.807) is 0 Å². The van der Waals surface area contributed by atoms with E-state index in [9.17, 15) is 0 Å². The summed E-state index contributed by atoms with van der Waals surface area (Å²) >= 11 is 0. The molecule has 2 N–H and O–H groups in total. The maximum Gasteiger partial charge on any atom is 0.125 e. The Kier molecular flexibility index (Phi) is 4.21. The second-order valence-electron chi connectivity index (χ2n) is 4.64. The quantitative estimate of drug-likeness (QED) is 0.623. The molecule has 0 atom stereocenters. The Hall–Kier alpha value is -1.28. The van der Waals surface area contributed by atoms with Gasteiger partial charge in [-0.1, -0.05) is 29.8 Å². The van der Waals surface area contributed by atoms with Crippen LogP contribution in [0.1, 0.15) is 36.8 Å². The molecule has 1 aliphatic rings. The van der Waals surface area contributed by atoms with Crippen LogP contribution >= 0.6 is 0 Å². The lowest BCUT2D eigenvalue weighted by Gasteiger charge is -2.22. The second kappa shape index (κ2) is 5.87. The highest BCUT2D eigenvalue weighted by atomic mass is 16.5. The summed E-state index contributed by atoms with van der Waals surface area (Å²) < 4.78 is 5.91. The van der Waals surface area contributed by atoms with Crippen molar-refractivity contribution in [2.24, 2.45) is 5.73 Å². The lowest BCUT2D eigenvalue weighted by Crippen LogP contribution is -2.08. The second-order valence-corrected chi connectivity index (χ2v) is 4.64. The fraction of sp³-hybridized carbons (Fsp3) is 0.467. The van der Waals surface area contributed by atoms with E-state index in [4.69, 9.17) is 10.5 Å². The molecule has 0 unspecified atom stereocenters. The molecule has 17 heavy (non-hydrogen) atoms. The van der Waals surface area contributed by atoms with Gasteiger partial charge in [0.05, 0.1) is 6.61 Å². The molecule has 1 aliphatic carbocycles. The highest BCUT2D eigenvalue weighted by molar-refractivity contribution is 5.64. The lowest BCUT2D eigenvalue weighted by atomic mass is 9.89. The first kappa shape index (κ1) is 12.2. The first-order valence-electron chi connectivity index (χ1n) is 6.43. The summed E-state index contributed by atoms with van der Waals surface area (Å²) in [5.41, 5.74) is 9.46. The molecule has 0 bridgehead atoms. The Labute approximate surface area is 103 Å². The minimum absolute atomic E-state index is 0.691. The van der Waals surface area contributed by atoms with Crippen molar-refractivity contribution >= 4 is 5.76 Å². The largest absolute Gasteiger partial charge is 0.493 e. The van der Waals surface area contributed by atoms with Crippen LogP contribution in [0.25, 0.3) is 5.76 Å². The van der Waals surface area contributed by atoms with E-state index in [-0.39, 0.29) is 0 Å². The molecule has 0 amide bonds. The van der Waals surface area contributed by atoms with Gasteiger partial charge in [-0.25, -0.2) is 0 Å². The van der Waals surface area contributed by atoms with Crippen LogP contribution in [0.4, 0.5) is 0 Å². The Bertz CT molecular complexity index is 386. The summed E-state index contributed by atoms with van der Waals surface area (Å²) in [4.78, 5) is 0. The van der Waals surface area contributed by atoms with Gasteiger partial charge in [-0.15, -0.1) is 0 Å². The number of nitrogens with two attached hydrogens (primary N) is 1. The number of benzene rings is 1. The zero-order valence-electron chi connectivity index (χ0n) is 10.5. The van der Waals surface area contributed by atoms with E-state index in [1.165, 1.54) is 36.0 Å². The van der Waals surface area contributed by atoms with Crippen LogP contribution in [0.2, 0.25) is 0 Å². The van der Waals surface area contributed by atoms with E-state index < -0.39 is 0 Å². The van der Waals surface area contributed by atoms with Gasteiger partial charge >= 0.3 is 0 Å². The third kappa shape index (κ3) is 3.10. The van der Waals surface area contributed by atoms with Crippen molar-refractivity contribution in [2.45, 2.75) is 32.6 Å². The molecule has 2 nitrogen and oxygen atoms in total. The first-order valence-corrected chi connectivity index (χ1v) is 6.43. The van der Waals surface area contributed by atoms with Gasteiger partial charge < -0.3 is 10.5 Å². The number of hydrogen-bond donors (Lipinski definition) is 1. The van der Waals surface area contributed by atoms with Crippen molar-refractivity contribution in [2.75, 3.05) is 13.2 Å². The fourth-order valence-corrected chi connectivity index (χ4v) is 1.93. The van der Waals surface area contributed by atoms with Crippen LogP contribution in [-0.2, 0) is 4.74 Å². The SMILES string of the molecule is Cc1ccc(C(OCCCN)=C2CCC2)cc1. The maximum atomic E-state index is 5.91. The molecule has 0 heterocycles. The molecule has 0 aliphatic heterocycles. The van der Waals surface area contributed by atoms with Gasteiger partial charge in [0, 0.05) is 5.56 Å². The molecule has 1 aromatic rings. The minimum Gasteiger partial charge on any atom is -0.493 e. The molecule has 92 valence electrons. The molecule has 2 rings (SSSR count). The average Bonchev–Trinajstić information content (AvgIpc) is 2.27. The van der Waals surface area contributed by atoms with E-state index in [0.717, 1.165) is 18.8 Å². The Balaban J connectivity index is 2.13. The summed E-state index contributed by atoms with van der Waals surface area (Å²) in [6.45, 7) is 3.52. The zero-order valence-corrected chi connectivity index (χ0v) is 10.5. The van der Waals surface area contributed by atoms with Crippen molar-refractivity contribution in [1.82, 2.24) is 0 Å². The summed E-state index contributed by atoms with van der Waals surface area (Å²) in [5, 5.41) is 0. The average molecular weight is 231 g/mol. The predicted octanol–water partition coefficient (Wildman–Crippen LogP) is 3.26. The number of aryl methyl sites for hydroxylation is 1. The molecule has 0 aromatic heterocycles. The van der Waals surface area contributed by atoms with Gasteiger partial charge in [0.15, 0.2) is 0 Å². The van der Waals surface area contributed by atoms with Crippen LogP contribution in [0.3, 0.4) is 0 Å². The van der Waals surface area contributed by atoms with Crippen molar-refractivity contribution < 1.29 is 4.74 Å². The number of ether oxygens (including phenoxy) is 1. The minimum atomic E-state index is 0.691. The number of allylic oxidation sites excluding steroid dienone is 1. The summed E-state index contributed by atoms with van der Waals surface area (Å²) in [7, 11) is 0. The standard InChI is InChI=1S/C15H21NO/c1-12-6-8-14(9-7-12)15(13-4-2-5-13)17-11-3-10-16/h6-9H,2-5,10-11,16H2,1H3. The van der Waals surface area contributed by atoms with Crippen molar-refractivity contribution in [1.29, 1.82) is 0 Å². The molecule has 0 saturated heterocycles. The molecular weight excluding hydrogens is 210 g/mol. The van der Waals surface area contributed by atoms with E-state index in [0.29, 0.717) is 6.54 Å². The maximum absolute atomic E-state index is 5.91. The number of rotatable bonds is 5. The molecule has 0 radical (unpaired) electrons. The zero-order chi connectivity index (χ0) is 12.1. The Morgan fingerprint density at radius 3 is 2.47 bits per heavy atom.